The highest BCUT2D eigenvalue weighted by Crippen LogP contribution is 2.14. The van der Waals surface area contributed by atoms with Gasteiger partial charge in [0.05, 0.1) is 0 Å². The van der Waals surface area contributed by atoms with Crippen molar-refractivity contribution < 1.29 is 0 Å². The first-order valence-corrected chi connectivity index (χ1v) is 4.05. The summed E-state index contributed by atoms with van der Waals surface area (Å²) in [5, 5.41) is 0. The van der Waals surface area contributed by atoms with Gasteiger partial charge in [-0.05, 0) is 32.1 Å². The molecule has 0 fully saturated rings. The van der Waals surface area contributed by atoms with Gasteiger partial charge in [0.2, 0.25) is 0 Å². The lowest BCUT2D eigenvalue weighted by molar-refractivity contribution is 0.650. The molecular formula is C10H17N. The van der Waals surface area contributed by atoms with Crippen molar-refractivity contribution in [3.63, 3.8) is 0 Å². The average Bonchev–Trinajstić information content (AvgIpc) is 2.05. The Labute approximate surface area is 69.5 Å². The Balaban J connectivity index is 4.25. The number of allylic oxidation sites excluding steroid dienone is 4. The summed E-state index contributed by atoms with van der Waals surface area (Å²) < 4.78 is 0. The Bertz CT molecular complexity index is 166. The molecule has 0 rings (SSSR count). The van der Waals surface area contributed by atoms with Gasteiger partial charge < -0.3 is 0 Å². The number of hydrogen-bond donors (Lipinski definition) is 0. The molecule has 62 valence electrons. The maximum atomic E-state index is 3.96. The highest BCUT2D eigenvalue weighted by atomic mass is 14.7. The molecule has 1 nitrogen and oxygen atoms in total. The fourth-order valence-electron chi connectivity index (χ4n) is 0.777. The maximum absolute atomic E-state index is 3.96. The third kappa shape index (κ3) is 3.76. The highest BCUT2D eigenvalue weighted by Gasteiger charge is 2.01. The normalized spacial score (nSPS) is 15.4. The standard InChI is InChI=1S/C10H17N/c1-5-7-8-10(11-4)9(3)6-2/h5,7-9H,4,6H2,1-3H3/b7-5-,10-8+. The third-order valence-corrected chi connectivity index (χ3v) is 1.76. The molecule has 0 saturated heterocycles. The molecular weight excluding hydrogens is 134 g/mol. The lowest BCUT2D eigenvalue weighted by Crippen LogP contribution is -1.93. The quantitative estimate of drug-likeness (QED) is 0.432. The zero-order valence-electron chi connectivity index (χ0n) is 7.67. The fraction of sp³-hybridized carbons (Fsp3) is 0.500. The summed E-state index contributed by atoms with van der Waals surface area (Å²) in [6.07, 6.45) is 7.12. The van der Waals surface area contributed by atoms with Crippen LogP contribution in [0.15, 0.2) is 28.9 Å². The van der Waals surface area contributed by atoms with Gasteiger partial charge >= 0.3 is 0 Å². The maximum Gasteiger partial charge on any atom is 0.0424 e. The van der Waals surface area contributed by atoms with E-state index in [1.54, 1.807) is 0 Å². The van der Waals surface area contributed by atoms with Crippen LogP contribution >= 0.6 is 0 Å². The van der Waals surface area contributed by atoms with Crippen LogP contribution in [0.4, 0.5) is 0 Å². The lowest BCUT2D eigenvalue weighted by Gasteiger charge is -2.06. The number of rotatable bonds is 4. The molecule has 0 amide bonds. The zero-order valence-corrected chi connectivity index (χ0v) is 7.67. The minimum absolute atomic E-state index is 0.517. The second-order valence-corrected chi connectivity index (χ2v) is 2.58. The Hall–Kier alpha value is -0.850. The van der Waals surface area contributed by atoms with Gasteiger partial charge in [0.15, 0.2) is 0 Å². The largest absolute Gasteiger partial charge is 0.269 e. The Kier molecular flexibility index (Phi) is 5.44. The molecule has 0 aliphatic heterocycles. The summed E-state index contributed by atoms with van der Waals surface area (Å²) in [6.45, 7) is 9.83. The molecule has 0 aromatic carbocycles. The van der Waals surface area contributed by atoms with Gasteiger partial charge in [0, 0.05) is 5.70 Å². The molecule has 0 N–H and O–H groups in total. The van der Waals surface area contributed by atoms with Crippen molar-refractivity contribution in [3.8, 4) is 0 Å². The summed E-state index contributed by atoms with van der Waals surface area (Å²) in [7, 11) is 0. The van der Waals surface area contributed by atoms with Crippen LogP contribution in [-0.2, 0) is 0 Å². The molecule has 0 aromatic heterocycles. The van der Waals surface area contributed by atoms with Crippen LogP contribution in [0, 0.1) is 5.92 Å². The monoisotopic (exact) mass is 151 g/mol. The van der Waals surface area contributed by atoms with Crippen molar-refractivity contribution >= 4 is 6.72 Å². The predicted molar refractivity (Wildman–Crippen MR) is 51.9 cm³/mol. The highest BCUT2D eigenvalue weighted by molar-refractivity contribution is 5.30. The number of hydrogen-bond acceptors (Lipinski definition) is 1. The molecule has 0 aliphatic carbocycles. The summed E-state index contributed by atoms with van der Waals surface area (Å²) in [5.41, 5.74) is 1.07. The van der Waals surface area contributed by atoms with E-state index in [-0.39, 0.29) is 0 Å². The van der Waals surface area contributed by atoms with E-state index >= 15 is 0 Å². The second kappa shape index (κ2) is 5.90. The molecule has 0 heterocycles. The van der Waals surface area contributed by atoms with Crippen molar-refractivity contribution in [1.82, 2.24) is 0 Å². The van der Waals surface area contributed by atoms with Crippen LogP contribution in [0.2, 0.25) is 0 Å². The minimum atomic E-state index is 0.517. The van der Waals surface area contributed by atoms with Crippen molar-refractivity contribution in [1.29, 1.82) is 0 Å². The second-order valence-electron chi connectivity index (χ2n) is 2.58. The van der Waals surface area contributed by atoms with E-state index in [1.165, 1.54) is 0 Å². The number of aliphatic imine (C=N–C) groups is 1. The van der Waals surface area contributed by atoms with Gasteiger partial charge in [-0.2, -0.15) is 0 Å². The SMILES string of the molecule is C=N/C(=C/C=C\C)C(C)CC. The third-order valence-electron chi connectivity index (χ3n) is 1.76. The van der Waals surface area contributed by atoms with Crippen LogP contribution < -0.4 is 0 Å². The van der Waals surface area contributed by atoms with Gasteiger partial charge in [-0.1, -0.05) is 26.0 Å². The van der Waals surface area contributed by atoms with Crippen LogP contribution in [0.25, 0.3) is 0 Å². The smallest absolute Gasteiger partial charge is 0.0424 e. The first-order chi connectivity index (χ1) is 5.26. The molecule has 0 bridgehead atoms. The van der Waals surface area contributed by atoms with Crippen molar-refractivity contribution in [2.45, 2.75) is 27.2 Å². The molecule has 0 aromatic rings. The topological polar surface area (TPSA) is 12.4 Å². The van der Waals surface area contributed by atoms with E-state index in [0.717, 1.165) is 12.1 Å². The summed E-state index contributed by atoms with van der Waals surface area (Å²) in [4.78, 5) is 3.96. The van der Waals surface area contributed by atoms with Crippen molar-refractivity contribution in [2.75, 3.05) is 0 Å². The van der Waals surface area contributed by atoms with Crippen molar-refractivity contribution in [3.05, 3.63) is 23.9 Å². The van der Waals surface area contributed by atoms with Crippen LogP contribution in [0.5, 0.6) is 0 Å². The molecule has 1 atom stereocenters. The van der Waals surface area contributed by atoms with Gasteiger partial charge in [-0.15, -0.1) is 0 Å². The van der Waals surface area contributed by atoms with E-state index in [4.69, 9.17) is 0 Å². The zero-order chi connectivity index (χ0) is 8.69. The van der Waals surface area contributed by atoms with Gasteiger partial charge in [0.25, 0.3) is 0 Å². The van der Waals surface area contributed by atoms with Crippen LogP contribution in [-0.4, -0.2) is 6.72 Å². The fourth-order valence-corrected chi connectivity index (χ4v) is 0.777. The Morgan fingerprint density at radius 1 is 1.64 bits per heavy atom. The van der Waals surface area contributed by atoms with Crippen LogP contribution in [0.1, 0.15) is 27.2 Å². The first kappa shape index (κ1) is 10.2. The Morgan fingerprint density at radius 2 is 2.27 bits per heavy atom. The van der Waals surface area contributed by atoms with Crippen LogP contribution in [0.3, 0.4) is 0 Å². The first-order valence-electron chi connectivity index (χ1n) is 4.05. The predicted octanol–water partition coefficient (Wildman–Crippen LogP) is 3.19. The van der Waals surface area contributed by atoms with E-state index in [9.17, 15) is 0 Å². The summed E-state index contributed by atoms with van der Waals surface area (Å²) in [6, 6.07) is 0. The van der Waals surface area contributed by atoms with E-state index in [1.807, 2.05) is 25.2 Å². The van der Waals surface area contributed by atoms with E-state index < -0.39 is 0 Å². The molecule has 1 heteroatoms. The average molecular weight is 151 g/mol. The van der Waals surface area contributed by atoms with Gasteiger partial charge in [-0.25, -0.2) is 0 Å². The molecule has 1 unspecified atom stereocenters. The lowest BCUT2D eigenvalue weighted by atomic mass is 10.1. The molecule has 0 spiro atoms. The summed E-state index contributed by atoms with van der Waals surface area (Å²) in [5.74, 6) is 0.517. The molecule has 11 heavy (non-hydrogen) atoms. The van der Waals surface area contributed by atoms with Crippen molar-refractivity contribution in [2.24, 2.45) is 10.9 Å². The van der Waals surface area contributed by atoms with E-state index in [2.05, 4.69) is 25.6 Å². The van der Waals surface area contributed by atoms with E-state index in [0.29, 0.717) is 5.92 Å². The van der Waals surface area contributed by atoms with Gasteiger partial charge in [0.1, 0.15) is 0 Å². The molecule has 0 radical (unpaired) electrons. The molecule has 0 saturated carbocycles. The Morgan fingerprint density at radius 3 is 2.64 bits per heavy atom. The molecule has 0 aliphatic rings. The minimum Gasteiger partial charge on any atom is -0.269 e. The summed E-state index contributed by atoms with van der Waals surface area (Å²) >= 11 is 0. The number of nitrogens with zero attached hydrogens (tertiary/aromatic N) is 1. The van der Waals surface area contributed by atoms with Gasteiger partial charge in [-0.3, -0.25) is 4.99 Å².